The van der Waals surface area contributed by atoms with Gasteiger partial charge in [0.15, 0.2) is 0 Å². The molecule has 0 spiro atoms. The van der Waals surface area contributed by atoms with Gasteiger partial charge in [-0.25, -0.2) is 4.72 Å². The summed E-state index contributed by atoms with van der Waals surface area (Å²) >= 11 is 0. The molecule has 2 fully saturated rings. The van der Waals surface area contributed by atoms with Crippen LogP contribution in [0.2, 0.25) is 0 Å². The Hall–Kier alpha value is -0.170. The fourth-order valence-corrected chi connectivity index (χ4v) is 5.08. The maximum atomic E-state index is 12.5. The average Bonchev–Trinajstić information content (AvgIpc) is 2.47. The molecule has 2 N–H and O–H groups in total. The van der Waals surface area contributed by atoms with Crippen molar-refractivity contribution in [1.82, 2.24) is 14.3 Å². The van der Waals surface area contributed by atoms with E-state index >= 15 is 0 Å². The van der Waals surface area contributed by atoms with Gasteiger partial charge >= 0.3 is 0 Å². The highest BCUT2D eigenvalue weighted by Crippen LogP contribution is 2.29. The van der Waals surface area contributed by atoms with Crippen LogP contribution in [-0.4, -0.2) is 45.9 Å². The summed E-state index contributed by atoms with van der Waals surface area (Å²) in [5.41, 5.74) is 0. The quantitative estimate of drug-likeness (QED) is 0.782. The van der Waals surface area contributed by atoms with Crippen molar-refractivity contribution in [2.75, 3.05) is 33.2 Å². The summed E-state index contributed by atoms with van der Waals surface area (Å²) in [4.78, 5) is 0. The van der Waals surface area contributed by atoms with E-state index in [-0.39, 0.29) is 0 Å². The number of rotatable bonds is 6. The Kier molecular flexibility index (Phi) is 6.47. The lowest BCUT2D eigenvalue weighted by Crippen LogP contribution is -2.48. The molecule has 124 valence electrons. The smallest absolute Gasteiger partial charge is 0.279 e. The van der Waals surface area contributed by atoms with Gasteiger partial charge in [0.05, 0.1) is 0 Å². The second-order valence-corrected chi connectivity index (χ2v) is 8.55. The number of nitrogens with one attached hydrogen (secondary N) is 2. The molecule has 21 heavy (non-hydrogen) atoms. The molecule has 0 aromatic heterocycles. The summed E-state index contributed by atoms with van der Waals surface area (Å²) in [5.74, 6) is 1.58. The SMILES string of the molecule is CNCC1CCCN(S(=O)(=O)NCC2CCCCC2C)C1. The predicted octanol–water partition coefficient (Wildman–Crippen LogP) is 1.58. The number of hydrogen-bond acceptors (Lipinski definition) is 3. The first-order valence-corrected chi connectivity index (χ1v) is 9.86. The van der Waals surface area contributed by atoms with E-state index in [2.05, 4.69) is 17.0 Å². The van der Waals surface area contributed by atoms with Crippen LogP contribution in [0.3, 0.4) is 0 Å². The zero-order valence-electron chi connectivity index (χ0n) is 13.5. The van der Waals surface area contributed by atoms with Gasteiger partial charge in [-0.2, -0.15) is 12.7 Å². The van der Waals surface area contributed by atoms with E-state index in [1.807, 2.05) is 7.05 Å². The molecular formula is C15H31N3O2S. The van der Waals surface area contributed by atoms with Crippen molar-refractivity contribution in [3.8, 4) is 0 Å². The van der Waals surface area contributed by atoms with Gasteiger partial charge in [-0.1, -0.05) is 26.2 Å². The van der Waals surface area contributed by atoms with Gasteiger partial charge in [0, 0.05) is 19.6 Å². The fourth-order valence-electron chi connectivity index (χ4n) is 3.70. The van der Waals surface area contributed by atoms with Gasteiger partial charge in [-0.05, 0) is 50.6 Å². The molecular weight excluding hydrogens is 286 g/mol. The molecule has 2 aliphatic rings. The Balaban J connectivity index is 1.85. The second kappa shape index (κ2) is 7.90. The van der Waals surface area contributed by atoms with Crippen molar-refractivity contribution in [1.29, 1.82) is 0 Å². The van der Waals surface area contributed by atoms with Crippen LogP contribution in [0.15, 0.2) is 0 Å². The van der Waals surface area contributed by atoms with Crippen molar-refractivity contribution in [3.63, 3.8) is 0 Å². The predicted molar refractivity (Wildman–Crippen MR) is 86.3 cm³/mol. The summed E-state index contributed by atoms with van der Waals surface area (Å²) in [6.45, 7) is 5.07. The zero-order chi connectivity index (χ0) is 15.3. The molecule has 2 rings (SSSR count). The van der Waals surface area contributed by atoms with E-state index < -0.39 is 10.2 Å². The lowest BCUT2D eigenvalue weighted by molar-refractivity contribution is 0.245. The van der Waals surface area contributed by atoms with Crippen LogP contribution in [0, 0.1) is 17.8 Å². The van der Waals surface area contributed by atoms with Gasteiger partial charge in [-0.3, -0.25) is 0 Å². The van der Waals surface area contributed by atoms with Crippen LogP contribution in [0.1, 0.15) is 45.4 Å². The summed E-state index contributed by atoms with van der Waals surface area (Å²) in [7, 11) is -1.38. The molecule has 1 aliphatic carbocycles. The van der Waals surface area contributed by atoms with E-state index in [1.165, 1.54) is 19.3 Å². The average molecular weight is 317 g/mol. The molecule has 0 aromatic rings. The first-order chi connectivity index (χ1) is 10.0. The third-order valence-electron chi connectivity index (χ3n) is 5.13. The standard InChI is InChI=1S/C15H31N3O2S/c1-13-6-3-4-8-15(13)11-17-21(19,20)18-9-5-7-14(12-18)10-16-2/h13-17H,3-12H2,1-2H3. The van der Waals surface area contributed by atoms with Gasteiger partial charge in [0.2, 0.25) is 0 Å². The van der Waals surface area contributed by atoms with Gasteiger partial charge in [-0.15, -0.1) is 0 Å². The van der Waals surface area contributed by atoms with Gasteiger partial charge in [0.1, 0.15) is 0 Å². The molecule has 6 heteroatoms. The molecule has 0 aromatic carbocycles. The number of piperidine rings is 1. The lowest BCUT2D eigenvalue weighted by atomic mass is 9.81. The highest BCUT2D eigenvalue weighted by Gasteiger charge is 2.30. The lowest BCUT2D eigenvalue weighted by Gasteiger charge is -2.33. The van der Waals surface area contributed by atoms with Crippen LogP contribution in [0.25, 0.3) is 0 Å². The maximum absolute atomic E-state index is 12.5. The van der Waals surface area contributed by atoms with E-state index in [4.69, 9.17) is 0 Å². The molecule has 0 amide bonds. The highest BCUT2D eigenvalue weighted by molar-refractivity contribution is 7.87. The molecule has 0 radical (unpaired) electrons. The Morgan fingerprint density at radius 1 is 1.10 bits per heavy atom. The molecule has 0 bridgehead atoms. The summed E-state index contributed by atoms with van der Waals surface area (Å²) in [5, 5.41) is 3.16. The van der Waals surface area contributed by atoms with E-state index in [1.54, 1.807) is 4.31 Å². The monoisotopic (exact) mass is 317 g/mol. The van der Waals surface area contributed by atoms with E-state index in [9.17, 15) is 8.42 Å². The van der Waals surface area contributed by atoms with Crippen molar-refractivity contribution < 1.29 is 8.42 Å². The summed E-state index contributed by atoms with van der Waals surface area (Å²) in [6.07, 6.45) is 7.01. The molecule has 1 aliphatic heterocycles. The molecule has 1 saturated carbocycles. The third kappa shape index (κ3) is 4.91. The van der Waals surface area contributed by atoms with Crippen molar-refractivity contribution >= 4 is 10.2 Å². The Labute approximate surface area is 130 Å². The largest absolute Gasteiger partial charge is 0.319 e. The minimum Gasteiger partial charge on any atom is -0.319 e. The zero-order valence-corrected chi connectivity index (χ0v) is 14.3. The Morgan fingerprint density at radius 3 is 2.57 bits per heavy atom. The molecule has 3 atom stereocenters. The summed E-state index contributed by atoms with van der Waals surface area (Å²) < 4.78 is 29.5. The van der Waals surface area contributed by atoms with Crippen molar-refractivity contribution in [2.24, 2.45) is 17.8 Å². The third-order valence-corrected chi connectivity index (χ3v) is 6.67. The topological polar surface area (TPSA) is 61.4 Å². The Bertz CT molecular complexity index is 411. The number of hydrogen-bond donors (Lipinski definition) is 2. The van der Waals surface area contributed by atoms with Crippen LogP contribution in [-0.2, 0) is 10.2 Å². The summed E-state index contributed by atoms with van der Waals surface area (Å²) in [6, 6.07) is 0. The van der Waals surface area contributed by atoms with E-state index in [0.717, 1.165) is 25.8 Å². The normalized spacial score (nSPS) is 32.2. The minimum atomic E-state index is -3.30. The first-order valence-electron chi connectivity index (χ1n) is 8.42. The first kappa shape index (κ1) is 17.2. The number of nitrogens with zero attached hydrogens (tertiary/aromatic N) is 1. The fraction of sp³-hybridized carbons (Fsp3) is 1.00. The highest BCUT2D eigenvalue weighted by atomic mass is 32.2. The maximum Gasteiger partial charge on any atom is 0.279 e. The van der Waals surface area contributed by atoms with Crippen molar-refractivity contribution in [2.45, 2.75) is 45.4 Å². The van der Waals surface area contributed by atoms with Crippen LogP contribution >= 0.6 is 0 Å². The van der Waals surface area contributed by atoms with Crippen LogP contribution in [0.5, 0.6) is 0 Å². The molecule has 3 unspecified atom stereocenters. The second-order valence-electron chi connectivity index (χ2n) is 6.80. The van der Waals surface area contributed by atoms with Gasteiger partial charge in [0.25, 0.3) is 10.2 Å². The molecule has 5 nitrogen and oxygen atoms in total. The minimum absolute atomic E-state index is 0.439. The Morgan fingerprint density at radius 2 is 1.86 bits per heavy atom. The van der Waals surface area contributed by atoms with Crippen molar-refractivity contribution in [3.05, 3.63) is 0 Å². The molecule has 1 heterocycles. The van der Waals surface area contributed by atoms with E-state index in [0.29, 0.717) is 37.4 Å². The molecule has 1 saturated heterocycles. The van der Waals surface area contributed by atoms with Crippen LogP contribution < -0.4 is 10.0 Å². The van der Waals surface area contributed by atoms with Gasteiger partial charge < -0.3 is 5.32 Å². The van der Waals surface area contributed by atoms with Crippen LogP contribution in [0.4, 0.5) is 0 Å².